The molecule has 0 heterocycles. The molecule has 0 atom stereocenters. The Morgan fingerprint density at radius 3 is 2.48 bits per heavy atom. The Morgan fingerprint density at radius 2 is 1.81 bits per heavy atom. The number of rotatable bonds is 7. The van der Waals surface area contributed by atoms with Crippen LogP contribution < -0.4 is 4.74 Å². The average molecular weight is 286 g/mol. The van der Waals surface area contributed by atoms with E-state index in [1.807, 2.05) is 24.3 Å². The van der Waals surface area contributed by atoms with Crippen LogP contribution in [0.5, 0.6) is 5.75 Å². The summed E-state index contributed by atoms with van der Waals surface area (Å²) in [5.41, 5.74) is 1.32. The molecule has 0 aliphatic heterocycles. The molecule has 0 amide bonds. The van der Waals surface area contributed by atoms with Crippen molar-refractivity contribution in [3.63, 3.8) is 0 Å². The summed E-state index contributed by atoms with van der Waals surface area (Å²) < 4.78 is 18.9. The number of benzene rings is 2. The molecule has 0 saturated carbocycles. The Labute approximate surface area is 124 Å². The van der Waals surface area contributed by atoms with Gasteiger partial charge in [-0.3, -0.25) is 4.79 Å². The van der Waals surface area contributed by atoms with Crippen LogP contribution >= 0.6 is 0 Å². The van der Waals surface area contributed by atoms with Gasteiger partial charge in [0.05, 0.1) is 5.56 Å². The molecule has 0 unspecified atom stereocenters. The minimum Gasteiger partial charge on any atom is -0.485 e. The van der Waals surface area contributed by atoms with Crippen LogP contribution in [0.25, 0.3) is 0 Å². The molecule has 3 heteroatoms. The van der Waals surface area contributed by atoms with Crippen LogP contribution in [0.2, 0.25) is 0 Å². The van der Waals surface area contributed by atoms with E-state index in [1.54, 1.807) is 12.1 Å². The molecular weight excluding hydrogens is 267 g/mol. The standard InChI is InChI=1S/C18H19FO2/c1-2-3-6-14-9-11-15(12-10-14)21-13-18(20)16-7-4-5-8-17(16)19/h4-5,7-12H,2-3,6,13H2,1H3. The Balaban J connectivity index is 1.91. The van der Waals surface area contributed by atoms with Gasteiger partial charge in [-0.15, -0.1) is 0 Å². The highest BCUT2D eigenvalue weighted by Gasteiger charge is 2.11. The van der Waals surface area contributed by atoms with Crippen LogP contribution in [0.15, 0.2) is 48.5 Å². The number of halogens is 1. The van der Waals surface area contributed by atoms with Gasteiger partial charge in [-0.2, -0.15) is 0 Å². The van der Waals surface area contributed by atoms with Gasteiger partial charge < -0.3 is 4.74 Å². The summed E-state index contributed by atoms with van der Waals surface area (Å²) in [5, 5.41) is 0. The van der Waals surface area contributed by atoms with Gasteiger partial charge in [0, 0.05) is 0 Å². The third-order valence-electron chi connectivity index (χ3n) is 3.29. The highest BCUT2D eigenvalue weighted by Crippen LogP contribution is 2.15. The maximum atomic E-state index is 13.5. The third kappa shape index (κ3) is 4.42. The molecule has 0 aliphatic carbocycles. The van der Waals surface area contributed by atoms with Crippen molar-refractivity contribution in [3.05, 3.63) is 65.5 Å². The van der Waals surface area contributed by atoms with E-state index in [0.717, 1.165) is 19.3 Å². The zero-order valence-electron chi connectivity index (χ0n) is 12.1. The number of unbranched alkanes of at least 4 members (excludes halogenated alkanes) is 1. The normalized spacial score (nSPS) is 10.4. The monoisotopic (exact) mass is 286 g/mol. The molecule has 0 spiro atoms. The molecule has 0 aromatic heterocycles. The first kappa shape index (κ1) is 15.2. The highest BCUT2D eigenvalue weighted by molar-refractivity contribution is 5.97. The summed E-state index contributed by atoms with van der Waals surface area (Å²) in [6, 6.07) is 13.6. The van der Waals surface area contributed by atoms with Crippen molar-refractivity contribution in [1.82, 2.24) is 0 Å². The summed E-state index contributed by atoms with van der Waals surface area (Å²) in [6.07, 6.45) is 3.37. The lowest BCUT2D eigenvalue weighted by molar-refractivity contribution is 0.0917. The summed E-state index contributed by atoms with van der Waals surface area (Å²) >= 11 is 0. The molecule has 0 aliphatic rings. The lowest BCUT2D eigenvalue weighted by atomic mass is 10.1. The van der Waals surface area contributed by atoms with Gasteiger partial charge in [0.15, 0.2) is 6.61 Å². The first-order valence-corrected chi connectivity index (χ1v) is 7.20. The molecule has 21 heavy (non-hydrogen) atoms. The number of aryl methyl sites for hydroxylation is 1. The Bertz CT molecular complexity index is 590. The quantitative estimate of drug-likeness (QED) is 0.704. The van der Waals surface area contributed by atoms with E-state index in [9.17, 15) is 9.18 Å². The van der Waals surface area contributed by atoms with Crippen LogP contribution in [0.1, 0.15) is 35.7 Å². The molecule has 0 N–H and O–H groups in total. The van der Waals surface area contributed by atoms with Gasteiger partial charge in [-0.25, -0.2) is 4.39 Å². The number of Topliss-reactive ketones (excluding diaryl/α,β-unsaturated/α-hetero) is 1. The Morgan fingerprint density at radius 1 is 1.10 bits per heavy atom. The lowest BCUT2D eigenvalue weighted by Crippen LogP contribution is -2.13. The fourth-order valence-electron chi connectivity index (χ4n) is 2.05. The fourth-order valence-corrected chi connectivity index (χ4v) is 2.05. The highest BCUT2D eigenvalue weighted by atomic mass is 19.1. The zero-order chi connectivity index (χ0) is 15.1. The fraction of sp³-hybridized carbons (Fsp3) is 0.278. The van der Waals surface area contributed by atoms with E-state index < -0.39 is 5.82 Å². The molecule has 0 fully saturated rings. The number of carbonyl (C=O) groups excluding carboxylic acids is 1. The van der Waals surface area contributed by atoms with Crippen molar-refractivity contribution >= 4 is 5.78 Å². The van der Waals surface area contributed by atoms with E-state index in [0.29, 0.717) is 5.75 Å². The van der Waals surface area contributed by atoms with Crippen LogP contribution in [-0.2, 0) is 6.42 Å². The molecule has 2 rings (SSSR count). The van der Waals surface area contributed by atoms with Crippen molar-refractivity contribution in [3.8, 4) is 5.75 Å². The minimum atomic E-state index is -0.513. The SMILES string of the molecule is CCCCc1ccc(OCC(=O)c2ccccc2F)cc1. The van der Waals surface area contributed by atoms with Crippen molar-refractivity contribution in [2.24, 2.45) is 0 Å². The van der Waals surface area contributed by atoms with Crippen molar-refractivity contribution in [2.45, 2.75) is 26.2 Å². The lowest BCUT2D eigenvalue weighted by Gasteiger charge is -2.07. The van der Waals surface area contributed by atoms with E-state index in [1.165, 1.54) is 17.7 Å². The van der Waals surface area contributed by atoms with E-state index in [2.05, 4.69) is 6.92 Å². The van der Waals surface area contributed by atoms with E-state index in [4.69, 9.17) is 4.74 Å². The Hall–Kier alpha value is -2.16. The van der Waals surface area contributed by atoms with Gasteiger partial charge in [0.1, 0.15) is 11.6 Å². The van der Waals surface area contributed by atoms with Crippen molar-refractivity contribution < 1.29 is 13.9 Å². The van der Waals surface area contributed by atoms with Crippen LogP contribution in [0.3, 0.4) is 0 Å². The smallest absolute Gasteiger partial charge is 0.203 e. The van der Waals surface area contributed by atoms with Gasteiger partial charge in [0.25, 0.3) is 0 Å². The van der Waals surface area contributed by atoms with Gasteiger partial charge in [0.2, 0.25) is 5.78 Å². The molecule has 2 aromatic rings. The first-order valence-electron chi connectivity index (χ1n) is 7.20. The minimum absolute atomic E-state index is 0.0667. The van der Waals surface area contributed by atoms with Crippen molar-refractivity contribution in [2.75, 3.05) is 6.61 Å². The molecule has 0 radical (unpaired) electrons. The van der Waals surface area contributed by atoms with E-state index in [-0.39, 0.29) is 18.0 Å². The molecule has 0 saturated heterocycles. The summed E-state index contributed by atoms with van der Waals surface area (Å²) in [6.45, 7) is 2.00. The van der Waals surface area contributed by atoms with Gasteiger partial charge >= 0.3 is 0 Å². The molecule has 2 aromatic carbocycles. The number of ketones is 1. The molecule has 0 bridgehead atoms. The topological polar surface area (TPSA) is 26.3 Å². The number of hydrogen-bond donors (Lipinski definition) is 0. The summed E-state index contributed by atoms with van der Waals surface area (Å²) in [5.74, 6) is -0.246. The first-order chi connectivity index (χ1) is 10.2. The zero-order valence-corrected chi connectivity index (χ0v) is 12.1. The van der Waals surface area contributed by atoms with Gasteiger partial charge in [-0.1, -0.05) is 37.6 Å². The summed E-state index contributed by atoms with van der Waals surface area (Å²) in [4.78, 5) is 11.9. The molecular formula is C18H19FO2. The largest absolute Gasteiger partial charge is 0.485 e. The maximum Gasteiger partial charge on any atom is 0.203 e. The second kappa shape index (κ2) is 7.58. The number of hydrogen-bond acceptors (Lipinski definition) is 2. The molecule has 2 nitrogen and oxygen atoms in total. The third-order valence-corrected chi connectivity index (χ3v) is 3.29. The van der Waals surface area contributed by atoms with Crippen LogP contribution in [0.4, 0.5) is 4.39 Å². The Kier molecular flexibility index (Phi) is 5.50. The maximum absolute atomic E-state index is 13.5. The van der Waals surface area contributed by atoms with Crippen molar-refractivity contribution in [1.29, 1.82) is 0 Å². The second-order valence-corrected chi connectivity index (χ2v) is 4.94. The molecule has 110 valence electrons. The average Bonchev–Trinajstić information content (AvgIpc) is 2.52. The van der Waals surface area contributed by atoms with Crippen LogP contribution in [-0.4, -0.2) is 12.4 Å². The predicted molar refractivity (Wildman–Crippen MR) is 81.3 cm³/mol. The van der Waals surface area contributed by atoms with Gasteiger partial charge in [-0.05, 0) is 42.7 Å². The number of ether oxygens (including phenoxy) is 1. The summed E-state index contributed by atoms with van der Waals surface area (Å²) in [7, 11) is 0. The van der Waals surface area contributed by atoms with E-state index >= 15 is 0 Å². The number of carbonyl (C=O) groups is 1. The van der Waals surface area contributed by atoms with Crippen LogP contribution in [0, 0.1) is 5.82 Å². The predicted octanol–water partition coefficient (Wildman–Crippen LogP) is 4.43. The second-order valence-electron chi connectivity index (χ2n) is 4.94.